The summed E-state index contributed by atoms with van der Waals surface area (Å²) in [7, 11) is 3.48. The number of nitrogens with zero attached hydrogens (tertiary/aromatic N) is 2. The maximum absolute atomic E-state index is 10.8. The van der Waals surface area contributed by atoms with Crippen molar-refractivity contribution in [3.8, 4) is 0 Å². The number of hydrazone groups is 1. The second-order valence-corrected chi connectivity index (χ2v) is 2.63. The van der Waals surface area contributed by atoms with Crippen LogP contribution in [-0.4, -0.2) is 35.3 Å². The van der Waals surface area contributed by atoms with Gasteiger partial charge in [-0.05, 0) is 0 Å². The highest BCUT2D eigenvalue weighted by atomic mass is 16.2. The number of H-pyrrole nitrogens is 2. The van der Waals surface area contributed by atoms with Crippen molar-refractivity contribution in [2.45, 2.75) is 0 Å². The Morgan fingerprint density at radius 3 is 2.62 bits per heavy atom. The van der Waals surface area contributed by atoms with E-state index in [-0.39, 0.29) is 0 Å². The lowest BCUT2D eigenvalue weighted by molar-refractivity contribution is 0.440. The van der Waals surface area contributed by atoms with Gasteiger partial charge in [0.05, 0.1) is 11.9 Å². The van der Waals surface area contributed by atoms with Crippen molar-refractivity contribution < 1.29 is 0 Å². The molecule has 6 nitrogen and oxygen atoms in total. The summed E-state index contributed by atoms with van der Waals surface area (Å²) in [4.78, 5) is 26.0. The highest BCUT2D eigenvalue weighted by molar-refractivity contribution is 5.76. The topological polar surface area (TPSA) is 81.3 Å². The lowest BCUT2D eigenvalue weighted by Gasteiger charge is -2.01. The number of hydrogen-bond donors (Lipinski definition) is 2. The van der Waals surface area contributed by atoms with E-state index in [1.54, 1.807) is 19.1 Å². The number of hydrogen-bond acceptors (Lipinski definition) is 4. The Balaban J connectivity index is 3.03. The maximum Gasteiger partial charge on any atom is 0.326 e. The molecular formula is C7H10N4O2. The lowest BCUT2D eigenvalue weighted by Crippen LogP contribution is -2.23. The molecule has 2 N–H and O–H groups in total. The number of aromatic amines is 2. The summed E-state index contributed by atoms with van der Waals surface area (Å²) in [6.45, 7) is 0. The van der Waals surface area contributed by atoms with Crippen molar-refractivity contribution >= 4 is 6.21 Å². The van der Waals surface area contributed by atoms with E-state index >= 15 is 0 Å². The summed E-state index contributed by atoms with van der Waals surface area (Å²) in [5, 5.41) is 5.42. The molecule has 0 amide bonds. The zero-order chi connectivity index (χ0) is 9.84. The molecule has 1 aromatic heterocycles. The fraction of sp³-hybridized carbons (Fsp3) is 0.286. The van der Waals surface area contributed by atoms with Crippen LogP contribution in [0.3, 0.4) is 0 Å². The van der Waals surface area contributed by atoms with Gasteiger partial charge in [-0.25, -0.2) is 4.79 Å². The van der Waals surface area contributed by atoms with E-state index in [4.69, 9.17) is 0 Å². The van der Waals surface area contributed by atoms with Crippen molar-refractivity contribution in [2.24, 2.45) is 5.10 Å². The largest absolute Gasteiger partial charge is 0.326 e. The fourth-order valence-corrected chi connectivity index (χ4v) is 0.735. The van der Waals surface area contributed by atoms with Crippen LogP contribution in [0.2, 0.25) is 0 Å². The molecule has 0 aliphatic heterocycles. The van der Waals surface area contributed by atoms with Gasteiger partial charge < -0.3 is 9.99 Å². The van der Waals surface area contributed by atoms with Crippen LogP contribution < -0.4 is 11.2 Å². The Morgan fingerprint density at radius 1 is 1.38 bits per heavy atom. The summed E-state index contributed by atoms with van der Waals surface area (Å²) in [5.41, 5.74) is -0.598. The third kappa shape index (κ3) is 2.94. The van der Waals surface area contributed by atoms with E-state index in [9.17, 15) is 9.59 Å². The Hall–Kier alpha value is -1.85. The van der Waals surface area contributed by atoms with Crippen molar-refractivity contribution in [1.82, 2.24) is 15.0 Å². The molecule has 1 aromatic rings. The molecule has 1 rings (SSSR count). The van der Waals surface area contributed by atoms with Crippen LogP contribution in [0.1, 0.15) is 5.69 Å². The van der Waals surface area contributed by atoms with Gasteiger partial charge in [0.1, 0.15) is 0 Å². The molecule has 6 heteroatoms. The highest BCUT2D eigenvalue weighted by Gasteiger charge is 1.91. The fourth-order valence-electron chi connectivity index (χ4n) is 0.735. The third-order valence-electron chi connectivity index (χ3n) is 1.21. The van der Waals surface area contributed by atoms with Gasteiger partial charge >= 0.3 is 5.69 Å². The summed E-state index contributed by atoms with van der Waals surface area (Å²) >= 11 is 0. The molecule has 0 spiro atoms. The quantitative estimate of drug-likeness (QED) is 0.452. The number of rotatable bonds is 2. The predicted molar refractivity (Wildman–Crippen MR) is 49.0 cm³/mol. The molecule has 0 unspecified atom stereocenters. The molecular weight excluding hydrogens is 172 g/mol. The minimum atomic E-state index is -0.535. The summed E-state index contributed by atoms with van der Waals surface area (Å²) in [6.07, 6.45) is 1.40. The van der Waals surface area contributed by atoms with E-state index in [0.29, 0.717) is 5.69 Å². The molecule has 13 heavy (non-hydrogen) atoms. The van der Waals surface area contributed by atoms with Gasteiger partial charge in [-0.1, -0.05) is 0 Å². The SMILES string of the molecule is CN(C)/N=C\c1cc(=O)[nH]c(=O)[nH]1. The molecule has 1 heterocycles. The second kappa shape index (κ2) is 3.70. The zero-order valence-electron chi connectivity index (χ0n) is 7.37. The van der Waals surface area contributed by atoms with Crippen LogP contribution in [-0.2, 0) is 0 Å². The predicted octanol–water partition coefficient (Wildman–Crippen LogP) is -1.04. The first-order valence-corrected chi connectivity index (χ1v) is 3.63. The minimum Gasteiger partial charge on any atom is -0.306 e. The molecule has 0 aromatic carbocycles. The minimum absolute atomic E-state index is 0.377. The summed E-state index contributed by atoms with van der Waals surface area (Å²) in [5.74, 6) is 0. The average molecular weight is 182 g/mol. The highest BCUT2D eigenvalue weighted by Crippen LogP contribution is 1.80. The van der Waals surface area contributed by atoms with Crippen LogP contribution in [0.15, 0.2) is 20.8 Å². The van der Waals surface area contributed by atoms with Crippen molar-refractivity contribution in [3.63, 3.8) is 0 Å². The molecule has 0 atom stereocenters. The first kappa shape index (κ1) is 9.24. The summed E-state index contributed by atoms with van der Waals surface area (Å²) < 4.78 is 0. The zero-order valence-corrected chi connectivity index (χ0v) is 7.37. The molecule has 0 fully saturated rings. The molecule has 0 saturated carbocycles. The van der Waals surface area contributed by atoms with E-state index in [1.165, 1.54) is 12.3 Å². The molecule has 0 bridgehead atoms. The van der Waals surface area contributed by atoms with Crippen LogP contribution in [0.25, 0.3) is 0 Å². The maximum atomic E-state index is 10.8. The van der Waals surface area contributed by atoms with Crippen LogP contribution in [0.5, 0.6) is 0 Å². The number of nitrogens with one attached hydrogen (secondary N) is 2. The normalized spacial score (nSPS) is 10.6. The first-order chi connectivity index (χ1) is 6.08. The van der Waals surface area contributed by atoms with Gasteiger partial charge in [-0.2, -0.15) is 5.10 Å². The van der Waals surface area contributed by atoms with Gasteiger partial charge in [-0.15, -0.1) is 0 Å². The smallest absolute Gasteiger partial charge is 0.306 e. The van der Waals surface area contributed by atoms with Crippen LogP contribution in [0, 0.1) is 0 Å². The molecule has 0 aliphatic rings. The summed E-state index contributed by atoms with van der Waals surface area (Å²) in [6, 6.07) is 1.26. The Bertz CT molecular complexity index is 387. The van der Waals surface area contributed by atoms with Crippen molar-refractivity contribution in [3.05, 3.63) is 32.6 Å². The average Bonchev–Trinajstić information content (AvgIpc) is 1.99. The van der Waals surface area contributed by atoms with Crippen molar-refractivity contribution in [2.75, 3.05) is 14.1 Å². The molecule has 70 valence electrons. The molecule has 0 saturated heterocycles. The van der Waals surface area contributed by atoms with Crippen LogP contribution in [0.4, 0.5) is 0 Å². The van der Waals surface area contributed by atoms with Crippen molar-refractivity contribution in [1.29, 1.82) is 0 Å². The van der Waals surface area contributed by atoms with Gasteiger partial charge in [0, 0.05) is 20.2 Å². The monoisotopic (exact) mass is 182 g/mol. The van der Waals surface area contributed by atoms with E-state index in [1.807, 2.05) is 0 Å². The Morgan fingerprint density at radius 2 is 2.08 bits per heavy atom. The third-order valence-corrected chi connectivity index (χ3v) is 1.21. The van der Waals surface area contributed by atoms with Gasteiger partial charge in [0.15, 0.2) is 0 Å². The van der Waals surface area contributed by atoms with Gasteiger partial charge in [0.2, 0.25) is 0 Å². The van der Waals surface area contributed by atoms with Crippen LogP contribution >= 0.6 is 0 Å². The van der Waals surface area contributed by atoms with E-state index in [0.717, 1.165) is 0 Å². The first-order valence-electron chi connectivity index (χ1n) is 3.63. The molecule has 0 radical (unpaired) electrons. The van der Waals surface area contributed by atoms with Gasteiger partial charge in [-0.3, -0.25) is 9.78 Å². The number of aromatic nitrogens is 2. The Labute approximate surface area is 73.9 Å². The van der Waals surface area contributed by atoms with Gasteiger partial charge in [0.25, 0.3) is 5.56 Å². The molecule has 0 aliphatic carbocycles. The van der Waals surface area contributed by atoms with E-state index < -0.39 is 11.2 Å². The van der Waals surface area contributed by atoms with E-state index in [2.05, 4.69) is 15.1 Å². The Kier molecular flexibility index (Phi) is 2.63. The second-order valence-electron chi connectivity index (χ2n) is 2.63. The standard InChI is InChI=1S/C7H10N4O2/c1-11(2)8-4-5-3-6(12)10-7(13)9-5/h3-4H,1-2H3,(H2,9,10,12,13)/b8-4-. The lowest BCUT2D eigenvalue weighted by atomic mass is 10.4.